The summed E-state index contributed by atoms with van der Waals surface area (Å²) in [6.45, 7) is 7.00. The van der Waals surface area contributed by atoms with Gasteiger partial charge in [-0.3, -0.25) is 9.69 Å². The van der Waals surface area contributed by atoms with Crippen LogP contribution in [0.25, 0.3) is 0 Å². The highest BCUT2D eigenvalue weighted by molar-refractivity contribution is 6.01. The van der Waals surface area contributed by atoms with Crippen LogP contribution >= 0.6 is 0 Å². The van der Waals surface area contributed by atoms with E-state index in [1.807, 2.05) is 30.3 Å². The molecule has 0 saturated carbocycles. The highest BCUT2D eigenvalue weighted by Gasteiger charge is 2.25. The molecule has 0 fully saturated rings. The Bertz CT molecular complexity index is 778. The van der Waals surface area contributed by atoms with Crippen molar-refractivity contribution in [1.29, 1.82) is 0 Å². The van der Waals surface area contributed by atoms with Crippen molar-refractivity contribution in [1.82, 2.24) is 4.90 Å². The lowest BCUT2D eigenvalue weighted by Crippen LogP contribution is -2.43. The van der Waals surface area contributed by atoms with E-state index in [-0.39, 0.29) is 29.2 Å². The Labute approximate surface area is 154 Å². The van der Waals surface area contributed by atoms with Crippen LogP contribution in [0.5, 0.6) is 5.75 Å². The van der Waals surface area contributed by atoms with Crippen molar-refractivity contribution in [3.63, 3.8) is 0 Å². The molecule has 0 spiro atoms. The van der Waals surface area contributed by atoms with Crippen molar-refractivity contribution in [2.45, 2.75) is 32.9 Å². The number of carbonyl (C=O) groups excluding carboxylic acids is 1. The number of ketones is 1. The largest absolute Gasteiger partial charge is 0.496 e. The first kappa shape index (κ1) is 19.7. The van der Waals surface area contributed by atoms with Crippen LogP contribution in [-0.4, -0.2) is 41.0 Å². The Kier molecular flexibility index (Phi) is 6.16. The van der Waals surface area contributed by atoms with Crippen LogP contribution in [0.2, 0.25) is 0 Å². The van der Waals surface area contributed by atoms with Gasteiger partial charge in [-0.25, -0.2) is 4.79 Å². The quantitative estimate of drug-likeness (QED) is 0.764. The highest BCUT2D eigenvalue weighted by atomic mass is 16.5. The second-order valence-corrected chi connectivity index (χ2v) is 7.16. The van der Waals surface area contributed by atoms with Crippen LogP contribution in [0.3, 0.4) is 0 Å². The molecule has 0 aliphatic heterocycles. The van der Waals surface area contributed by atoms with Crippen molar-refractivity contribution in [3.8, 4) is 5.75 Å². The minimum atomic E-state index is -1.12. The molecule has 0 aromatic heterocycles. The Balaban J connectivity index is 2.24. The van der Waals surface area contributed by atoms with Gasteiger partial charge in [0.25, 0.3) is 0 Å². The van der Waals surface area contributed by atoms with Gasteiger partial charge in [-0.15, -0.1) is 0 Å². The van der Waals surface area contributed by atoms with E-state index < -0.39 is 5.97 Å². The van der Waals surface area contributed by atoms with Gasteiger partial charge in [0.05, 0.1) is 13.7 Å². The summed E-state index contributed by atoms with van der Waals surface area (Å²) in [6.07, 6.45) is 0. The van der Waals surface area contributed by atoms with E-state index >= 15 is 0 Å². The molecule has 2 aromatic carbocycles. The summed E-state index contributed by atoms with van der Waals surface area (Å²) < 4.78 is 5.05. The maximum absolute atomic E-state index is 12.8. The fraction of sp³-hybridized carbons (Fsp3) is 0.333. The summed E-state index contributed by atoms with van der Waals surface area (Å²) in [5, 5.41) is 9.31. The summed E-state index contributed by atoms with van der Waals surface area (Å²) in [5.41, 5.74) is 1.26. The van der Waals surface area contributed by atoms with E-state index in [1.54, 1.807) is 6.07 Å². The second kappa shape index (κ2) is 8.15. The van der Waals surface area contributed by atoms with Crippen molar-refractivity contribution in [2.75, 3.05) is 13.7 Å². The minimum Gasteiger partial charge on any atom is -0.496 e. The van der Waals surface area contributed by atoms with Crippen LogP contribution < -0.4 is 4.74 Å². The molecule has 0 bridgehead atoms. The molecule has 1 N–H and O–H groups in total. The average molecular weight is 355 g/mol. The lowest BCUT2D eigenvalue weighted by Gasteiger charge is -2.35. The second-order valence-electron chi connectivity index (χ2n) is 7.16. The fourth-order valence-electron chi connectivity index (χ4n) is 2.65. The van der Waals surface area contributed by atoms with Gasteiger partial charge in [0.15, 0.2) is 5.78 Å². The molecule has 0 saturated heterocycles. The van der Waals surface area contributed by atoms with Crippen LogP contribution in [-0.2, 0) is 6.54 Å². The molecule has 5 heteroatoms. The number of rotatable bonds is 7. The minimum absolute atomic E-state index is 0.0104. The van der Waals surface area contributed by atoms with Crippen LogP contribution in [0, 0.1) is 0 Å². The Morgan fingerprint density at radius 3 is 2.27 bits per heavy atom. The van der Waals surface area contributed by atoms with Gasteiger partial charge >= 0.3 is 5.97 Å². The molecule has 0 heterocycles. The summed E-state index contributed by atoms with van der Waals surface area (Å²) in [4.78, 5) is 26.2. The van der Waals surface area contributed by atoms with Crippen LogP contribution in [0.4, 0.5) is 0 Å². The van der Waals surface area contributed by atoms with Gasteiger partial charge in [-0.05, 0) is 44.5 Å². The van der Waals surface area contributed by atoms with Crippen molar-refractivity contribution >= 4 is 11.8 Å². The Morgan fingerprint density at radius 2 is 1.73 bits per heavy atom. The van der Waals surface area contributed by atoms with Gasteiger partial charge < -0.3 is 9.84 Å². The predicted octanol–water partition coefficient (Wildman–Crippen LogP) is 3.88. The van der Waals surface area contributed by atoms with Gasteiger partial charge in [0, 0.05) is 17.6 Å². The monoisotopic (exact) mass is 355 g/mol. The third kappa shape index (κ3) is 4.92. The first-order chi connectivity index (χ1) is 12.2. The number of ether oxygens (including phenoxy) is 1. The number of hydrogen-bond acceptors (Lipinski definition) is 4. The maximum atomic E-state index is 12.8. The van der Waals surface area contributed by atoms with E-state index in [4.69, 9.17) is 4.74 Å². The summed E-state index contributed by atoms with van der Waals surface area (Å²) in [7, 11) is 1.41. The fourth-order valence-corrected chi connectivity index (χ4v) is 2.65. The summed E-state index contributed by atoms with van der Waals surface area (Å²) in [5.74, 6) is -1.000. The first-order valence-corrected chi connectivity index (χ1v) is 8.46. The number of carbonyl (C=O) groups is 2. The topological polar surface area (TPSA) is 66.8 Å². The smallest absolute Gasteiger partial charge is 0.339 e. The molecular weight excluding hydrogens is 330 g/mol. The van der Waals surface area contributed by atoms with Gasteiger partial charge in [0.1, 0.15) is 11.3 Å². The molecule has 0 aliphatic carbocycles. The zero-order valence-electron chi connectivity index (χ0n) is 15.7. The van der Waals surface area contributed by atoms with Crippen molar-refractivity contribution in [2.24, 2.45) is 0 Å². The Hall–Kier alpha value is -2.66. The molecule has 2 rings (SSSR count). The van der Waals surface area contributed by atoms with Crippen molar-refractivity contribution in [3.05, 3.63) is 65.2 Å². The van der Waals surface area contributed by atoms with E-state index in [0.29, 0.717) is 12.1 Å². The van der Waals surface area contributed by atoms with E-state index in [1.165, 1.54) is 19.2 Å². The SMILES string of the molecule is COc1ccc(C(=O)CN(Cc2ccccc2)C(C)(C)C)cc1C(=O)O. The lowest BCUT2D eigenvalue weighted by molar-refractivity contribution is 0.0693. The molecule has 0 atom stereocenters. The van der Waals surface area contributed by atoms with E-state index in [2.05, 4.69) is 25.7 Å². The summed E-state index contributed by atoms with van der Waals surface area (Å²) in [6, 6.07) is 14.5. The zero-order valence-corrected chi connectivity index (χ0v) is 15.7. The standard InChI is InChI=1S/C21H25NO4/c1-21(2,3)22(13-15-8-6-5-7-9-15)14-18(23)16-10-11-19(26-4)17(12-16)20(24)25/h5-12H,13-14H2,1-4H3,(H,24,25). The molecule has 138 valence electrons. The molecule has 0 amide bonds. The summed E-state index contributed by atoms with van der Waals surface area (Å²) >= 11 is 0. The van der Waals surface area contributed by atoms with Crippen LogP contribution in [0.15, 0.2) is 48.5 Å². The first-order valence-electron chi connectivity index (χ1n) is 8.46. The molecule has 5 nitrogen and oxygen atoms in total. The average Bonchev–Trinajstić information content (AvgIpc) is 2.60. The van der Waals surface area contributed by atoms with Gasteiger partial charge in [-0.2, -0.15) is 0 Å². The maximum Gasteiger partial charge on any atom is 0.339 e. The number of carboxylic acid groups (broad SMARTS) is 1. The number of Topliss-reactive ketones (excluding diaryl/α,β-unsaturated/α-hetero) is 1. The molecule has 0 aliphatic rings. The third-order valence-electron chi connectivity index (χ3n) is 4.25. The molecule has 0 unspecified atom stereocenters. The number of benzene rings is 2. The van der Waals surface area contributed by atoms with Gasteiger partial charge in [0.2, 0.25) is 0 Å². The number of nitrogens with zero attached hydrogens (tertiary/aromatic N) is 1. The lowest BCUT2D eigenvalue weighted by atomic mass is 10.0. The van der Waals surface area contributed by atoms with E-state index in [0.717, 1.165) is 5.56 Å². The normalized spacial score (nSPS) is 11.4. The van der Waals surface area contributed by atoms with Crippen LogP contribution in [0.1, 0.15) is 47.1 Å². The molecular formula is C21H25NO4. The van der Waals surface area contributed by atoms with E-state index in [9.17, 15) is 14.7 Å². The molecule has 26 heavy (non-hydrogen) atoms. The molecule has 2 aromatic rings. The number of carboxylic acids is 1. The Morgan fingerprint density at radius 1 is 1.08 bits per heavy atom. The molecule has 0 radical (unpaired) electrons. The zero-order chi connectivity index (χ0) is 19.3. The number of aromatic carboxylic acids is 1. The number of methoxy groups -OCH3 is 1. The predicted molar refractivity (Wildman–Crippen MR) is 101 cm³/mol. The number of hydrogen-bond donors (Lipinski definition) is 1. The van der Waals surface area contributed by atoms with Crippen molar-refractivity contribution < 1.29 is 19.4 Å². The third-order valence-corrected chi connectivity index (χ3v) is 4.25. The van der Waals surface area contributed by atoms with Gasteiger partial charge in [-0.1, -0.05) is 30.3 Å². The highest BCUT2D eigenvalue weighted by Crippen LogP contribution is 2.22.